The number of benzene rings is 1. The molecule has 29 heavy (non-hydrogen) atoms. The van der Waals surface area contributed by atoms with Crippen LogP contribution in [0.3, 0.4) is 0 Å². The van der Waals surface area contributed by atoms with Crippen molar-refractivity contribution in [2.24, 2.45) is 0 Å². The van der Waals surface area contributed by atoms with Crippen molar-refractivity contribution in [1.29, 1.82) is 0 Å². The quantitative estimate of drug-likeness (QED) is 0.674. The van der Waals surface area contributed by atoms with Crippen LogP contribution in [0.15, 0.2) is 42.7 Å². The Hall–Kier alpha value is -2.53. The fourth-order valence-corrected chi connectivity index (χ4v) is 4.21. The van der Waals surface area contributed by atoms with Gasteiger partial charge in [-0.05, 0) is 67.0 Å². The average Bonchev–Trinajstić information content (AvgIpc) is 3.25. The molecule has 1 aliphatic heterocycles. The van der Waals surface area contributed by atoms with Crippen LogP contribution >= 0.6 is 0 Å². The smallest absolute Gasteiger partial charge is 0.223 e. The van der Waals surface area contributed by atoms with E-state index in [9.17, 15) is 9.59 Å². The number of nitrogens with zero attached hydrogens (tertiary/aromatic N) is 2. The van der Waals surface area contributed by atoms with Gasteiger partial charge in [-0.3, -0.25) is 14.6 Å². The number of hydrogen-bond donors (Lipinski definition) is 0. The summed E-state index contributed by atoms with van der Waals surface area (Å²) in [6, 6.07) is 9.93. The zero-order valence-electron chi connectivity index (χ0n) is 16.8. The Kier molecular flexibility index (Phi) is 6.35. The molecule has 0 N–H and O–H groups in total. The van der Waals surface area contributed by atoms with Crippen molar-refractivity contribution in [2.45, 2.75) is 57.7 Å². The lowest BCUT2D eigenvalue weighted by Crippen LogP contribution is -2.30. The molecule has 1 fully saturated rings. The number of carbonyl (C=O) groups excluding carboxylic acids is 2. The molecular weight excluding hydrogens is 364 g/mol. The first-order chi connectivity index (χ1) is 14.2. The van der Waals surface area contributed by atoms with Crippen LogP contribution in [0, 0.1) is 0 Å². The number of ketones is 1. The molecule has 0 spiro atoms. The summed E-state index contributed by atoms with van der Waals surface area (Å²) in [5.74, 6) is 0.114. The van der Waals surface area contributed by atoms with Gasteiger partial charge in [0.1, 0.15) is 0 Å². The van der Waals surface area contributed by atoms with Crippen LogP contribution in [0.25, 0.3) is 0 Å². The lowest BCUT2D eigenvalue weighted by Gasteiger charge is -2.17. The van der Waals surface area contributed by atoms with E-state index in [0.717, 1.165) is 30.4 Å². The molecule has 1 saturated heterocycles. The summed E-state index contributed by atoms with van der Waals surface area (Å²) < 4.78 is 5.93. The molecule has 152 valence electrons. The Morgan fingerprint density at radius 2 is 1.83 bits per heavy atom. The van der Waals surface area contributed by atoms with Gasteiger partial charge in [-0.2, -0.15) is 0 Å². The average molecular weight is 392 g/mol. The summed E-state index contributed by atoms with van der Waals surface area (Å²) in [7, 11) is 0. The number of ether oxygens (including phenoxy) is 1. The molecule has 0 bridgehead atoms. The zero-order chi connectivity index (χ0) is 20.1. The summed E-state index contributed by atoms with van der Waals surface area (Å²) in [6.45, 7) is 1.84. The minimum absolute atomic E-state index is 0.0475. The number of rotatable bonds is 7. The van der Waals surface area contributed by atoms with E-state index in [1.165, 1.54) is 24.0 Å². The van der Waals surface area contributed by atoms with Gasteiger partial charge < -0.3 is 9.64 Å². The van der Waals surface area contributed by atoms with Crippen molar-refractivity contribution >= 4 is 11.7 Å². The summed E-state index contributed by atoms with van der Waals surface area (Å²) >= 11 is 0. The fourth-order valence-electron chi connectivity index (χ4n) is 4.21. The van der Waals surface area contributed by atoms with Crippen molar-refractivity contribution in [3.8, 4) is 0 Å². The van der Waals surface area contributed by atoms with Crippen LogP contribution in [-0.2, 0) is 29.0 Å². The van der Waals surface area contributed by atoms with E-state index in [0.29, 0.717) is 19.7 Å². The SMILES string of the molecule is O=C(CCC(=O)N1CC[C@H](OCc2ccncc2)C1)c1ccc2c(c1)CCCC2. The van der Waals surface area contributed by atoms with E-state index in [1.54, 1.807) is 12.4 Å². The second-order valence-corrected chi connectivity index (χ2v) is 8.03. The summed E-state index contributed by atoms with van der Waals surface area (Å²) in [5.41, 5.74) is 4.51. The first kappa shape index (κ1) is 19.8. The highest BCUT2D eigenvalue weighted by atomic mass is 16.5. The van der Waals surface area contributed by atoms with Crippen molar-refractivity contribution in [2.75, 3.05) is 13.1 Å². The molecule has 1 aliphatic carbocycles. The predicted molar refractivity (Wildman–Crippen MR) is 111 cm³/mol. The normalized spacial score (nSPS) is 18.5. The second kappa shape index (κ2) is 9.31. The van der Waals surface area contributed by atoms with E-state index in [2.05, 4.69) is 11.1 Å². The highest BCUT2D eigenvalue weighted by Gasteiger charge is 2.27. The standard InChI is InChI=1S/C24H28N2O3/c27-23(21-6-5-19-3-1-2-4-20(19)15-21)7-8-24(28)26-14-11-22(16-26)29-17-18-9-12-25-13-10-18/h5-6,9-10,12-13,15,22H,1-4,7-8,11,14,16-17H2/t22-/m0/s1. The maximum Gasteiger partial charge on any atom is 0.223 e. The first-order valence-electron chi connectivity index (χ1n) is 10.6. The number of Topliss-reactive ketones (excluding diaryl/α,β-unsaturated/α-hetero) is 1. The van der Waals surface area contributed by atoms with Crippen LogP contribution in [0.4, 0.5) is 0 Å². The maximum absolute atomic E-state index is 12.6. The van der Waals surface area contributed by atoms with Gasteiger partial charge in [0.05, 0.1) is 12.7 Å². The third-order valence-corrected chi connectivity index (χ3v) is 5.97. The molecule has 1 aromatic carbocycles. The van der Waals surface area contributed by atoms with Gasteiger partial charge >= 0.3 is 0 Å². The van der Waals surface area contributed by atoms with Gasteiger partial charge in [-0.25, -0.2) is 0 Å². The molecule has 1 aromatic heterocycles. The molecule has 0 unspecified atom stereocenters. The van der Waals surface area contributed by atoms with Gasteiger partial charge in [0.2, 0.25) is 5.91 Å². The Labute approximate surface area is 172 Å². The minimum Gasteiger partial charge on any atom is -0.372 e. The molecule has 0 radical (unpaired) electrons. The Balaban J connectivity index is 1.23. The van der Waals surface area contributed by atoms with E-state index >= 15 is 0 Å². The number of fused-ring (bicyclic) bond motifs is 1. The minimum atomic E-state index is 0.0475. The molecular formula is C24H28N2O3. The topological polar surface area (TPSA) is 59.5 Å². The van der Waals surface area contributed by atoms with E-state index in [4.69, 9.17) is 4.74 Å². The van der Waals surface area contributed by atoms with E-state index in [-0.39, 0.29) is 30.6 Å². The summed E-state index contributed by atoms with van der Waals surface area (Å²) in [5, 5.41) is 0. The van der Waals surface area contributed by atoms with Crippen LogP contribution in [0.2, 0.25) is 0 Å². The third kappa shape index (κ3) is 5.10. The van der Waals surface area contributed by atoms with Crippen molar-refractivity contribution in [1.82, 2.24) is 9.88 Å². The number of amides is 1. The maximum atomic E-state index is 12.6. The molecule has 5 heteroatoms. The number of aromatic nitrogens is 1. The Bertz CT molecular complexity index is 866. The fraction of sp³-hybridized carbons (Fsp3) is 0.458. The zero-order valence-corrected chi connectivity index (χ0v) is 16.8. The Morgan fingerprint density at radius 1 is 1.03 bits per heavy atom. The van der Waals surface area contributed by atoms with Crippen LogP contribution in [0.1, 0.15) is 59.2 Å². The van der Waals surface area contributed by atoms with Crippen LogP contribution in [0.5, 0.6) is 0 Å². The predicted octanol–water partition coefficient (Wildman–Crippen LogP) is 3.74. The van der Waals surface area contributed by atoms with Gasteiger partial charge in [0.15, 0.2) is 5.78 Å². The van der Waals surface area contributed by atoms with Gasteiger partial charge in [0.25, 0.3) is 0 Å². The summed E-state index contributed by atoms with van der Waals surface area (Å²) in [4.78, 5) is 30.9. The molecule has 5 nitrogen and oxygen atoms in total. The van der Waals surface area contributed by atoms with Gasteiger partial charge in [-0.1, -0.05) is 12.1 Å². The molecule has 1 amide bonds. The van der Waals surface area contributed by atoms with Gasteiger partial charge in [0, 0.05) is 43.9 Å². The molecule has 2 heterocycles. The first-order valence-corrected chi connectivity index (χ1v) is 10.6. The largest absolute Gasteiger partial charge is 0.372 e. The van der Waals surface area contributed by atoms with Crippen LogP contribution < -0.4 is 0 Å². The number of carbonyl (C=O) groups is 2. The van der Waals surface area contributed by atoms with Gasteiger partial charge in [-0.15, -0.1) is 0 Å². The molecule has 2 aliphatic rings. The van der Waals surface area contributed by atoms with E-state index < -0.39 is 0 Å². The lowest BCUT2D eigenvalue weighted by atomic mass is 9.89. The third-order valence-electron chi connectivity index (χ3n) is 5.97. The second-order valence-electron chi connectivity index (χ2n) is 8.03. The van der Waals surface area contributed by atoms with E-state index in [1.807, 2.05) is 29.2 Å². The highest BCUT2D eigenvalue weighted by Crippen LogP contribution is 2.23. The highest BCUT2D eigenvalue weighted by molar-refractivity contribution is 5.98. The van der Waals surface area contributed by atoms with Crippen molar-refractivity contribution in [3.63, 3.8) is 0 Å². The molecule has 2 aromatic rings. The number of hydrogen-bond acceptors (Lipinski definition) is 4. The number of aryl methyl sites for hydroxylation is 2. The molecule has 0 saturated carbocycles. The van der Waals surface area contributed by atoms with Crippen molar-refractivity contribution < 1.29 is 14.3 Å². The van der Waals surface area contributed by atoms with Crippen LogP contribution in [-0.4, -0.2) is 40.8 Å². The summed E-state index contributed by atoms with van der Waals surface area (Å²) in [6.07, 6.45) is 9.56. The molecule has 1 atom stereocenters. The lowest BCUT2D eigenvalue weighted by molar-refractivity contribution is -0.130. The Morgan fingerprint density at radius 3 is 2.66 bits per heavy atom. The number of likely N-dealkylation sites (tertiary alicyclic amines) is 1. The van der Waals surface area contributed by atoms with Crippen molar-refractivity contribution in [3.05, 3.63) is 65.0 Å². The number of pyridine rings is 1. The molecule has 4 rings (SSSR count). The monoisotopic (exact) mass is 392 g/mol.